The number of aromatic amines is 1. The number of hydrogen-bond donors (Lipinski definition) is 1. The van der Waals surface area contributed by atoms with Crippen LogP contribution in [0, 0.1) is 13.8 Å². The largest absolute Gasteiger partial charge is 0.496 e. The topological polar surface area (TPSA) is 72.8 Å². The zero-order chi connectivity index (χ0) is 22.0. The Bertz CT molecular complexity index is 1230. The molecule has 0 aliphatic carbocycles. The van der Waals surface area contributed by atoms with E-state index in [4.69, 9.17) is 16.3 Å². The number of halogens is 1. The molecule has 31 heavy (non-hydrogen) atoms. The lowest BCUT2D eigenvalue weighted by atomic mass is 10.2. The number of nitrogens with zero attached hydrogens (tertiary/aromatic N) is 3. The first-order valence-corrected chi connectivity index (χ1v) is 11.0. The zero-order valence-electron chi connectivity index (χ0n) is 17.3. The maximum Gasteiger partial charge on any atom is 0.196 e. The molecule has 1 N–H and O–H groups in total. The molecule has 2 aromatic heterocycles. The molecule has 0 saturated heterocycles. The molecule has 4 rings (SSSR count). The van der Waals surface area contributed by atoms with Crippen molar-refractivity contribution in [2.45, 2.75) is 19.0 Å². The normalized spacial score (nSPS) is 11.0. The Balaban J connectivity index is 1.72. The molecule has 0 aliphatic heterocycles. The molecule has 2 aromatic carbocycles. The minimum Gasteiger partial charge on any atom is -0.496 e. The Hall–Kier alpha value is -3.03. The summed E-state index contributed by atoms with van der Waals surface area (Å²) in [5.41, 5.74) is 4.19. The number of hydrogen-bond acceptors (Lipinski definition) is 5. The van der Waals surface area contributed by atoms with Crippen LogP contribution in [0.15, 0.2) is 59.8 Å². The quantitative estimate of drug-likeness (QED) is 0.295. The molecule has 0 bridgehead atoms. The molecule has 2 heterocycles. The summed E-state index contributed by atoms with van der Waals surface area (Å²) in [7, 11) is 1.62. The Morgan fingerprint density at radius 1 is 1.13 bits per heavy atom. The standard InChI is InChI=1S/C23H21ClN4O2S/c1-14-12-19(15(2)25-14)20(29)13-31-23-27-26-22(18-6-4-5-7-21(18)30-3)28(23)17-10-8-16(24)9-11-17/h4-12,25H,13H2,1-3H3. The van der Waals surface area contributed by atoms with E-state index < -0.39 is 0 Å². The predicted molar refractivity (Wildman–Crippen MR) is 124 cm³/mol. The van der Waals surface area contributed by atoms with E-state index in [1.807, 2.05) is 73.0 Å². The van der Waals surface area contributed by atoms with Gasteiger partial charge in [-0.05, 0) is 56.3 Å². The average Bonchev–Trinajstić information content (AvgIpc) is 3.35. The molecule has 0 fully saturated rings. The number of benzene rings is 2. The Kier molecular flexibility index (Phi) is 6.15. The van der Waals surface area contributed by atoms with Gasteiger partial charge < -0.3 is 9.72 Å². The minimum atomic E-state index is 0.0383. The molecule has 0 unspecified atom stereocenters. The van der Waals surface area contributed by atoms with Crippen molar-refractivity contribution in [3.8, 4) is 22.8 Å². The molecule has 0 aliphatic rings. The van der Waals surface area contributed by atoms with Crippen molar-refractivity contribution >= 4 is 29.1 Å². The van der Waals surface area contributed by atoms with Gasteiger partial charge in [-0.15, -0.1) is 10.2 Å². The van der Waals surface area contributed by atoms with Crippen LogP contribution in [0.1, 0.15) is 21.7 Å². The summed E-state index contributed by atoms with van der Waals surface area (Å²) < 4.78 is 7.44. The van der Waals surface area contributed by atoms with Crippen molar-refractivity contribution in [2.24, 2.45) is 0 Å². The van der Waals surface area contributed by atoms with E-state index in [9.17, 15) is 4.79 Å². The first-order chi connectivity index (χ1) is 15.0. The molecule has 158 valence electrons. The van der Waals surface area contributed by atoms with Crippen molar-refractivity contribution in [1.29, 1.82) is 0 Å². The summed E-state index contributed by atoms with van der Waals surface area (Å²) >= 11 is 7.44. The van der Waals surface area contributed by atoms with Crippen LogP contribution in [0.25, 0.3) is 17.1 Å². The lowest BCUT2D eigenvalue weighted by molar-refractivity contribution is 0.102. The number of para-hydroxylation sites is 1. The van der Waals surface area contributed by atoms with Crippen molar-refractivity contribution in [1.82, 2.24) is 19.7 Å². The first kappa shape index (κ1) is 21.2. The van der Waals surface area contributed by atoms with E-state index >= 15 is 0 Å². The van der Waals surface area contributed by atoms with Gasteiger partial charge in [0.15, 0.2) is 16.8 Å². The number of aryl methyl sites for hydroxylation is 2. The number of carbonyl (C=O) groups is 1. The molecule has 0 atom stereocenters. The lowest BCUT2D eigenvalue weighted by Gasteiger charge is -2.12. The van der Waals surface area contributed by atoms with Crippen LogP contribution in [0.3, 0.4) is 0 Å². The fourth-order valence-electron chi connectivity index (χ4n) is 3.41. The van der Waals surface area contributed by atoms with Gasteiger partial charge in [0.1, 0.15) is 5.75 Å². The summed E-state index contributed by atoms with van der Waals surface area (Å²) in [5.74, 6) is 1.60. The number of methoxy groups -OCH3 is 1. The third-order valence-electron chi connectivity index (χ3n) is 4.85. The highest BCUT2D eigenvalue weighted by molar-refractivity contribution is 7.99. The SMILES string of the molecule is COc1ccccc1-c1nnc(SCC(=O)c2cc(C)[nH]c2C)n1-c1ccc(Cl)cc1. The summed E-state index contributed by atoms with van der Waals surface area (Å²) in [6.45, 7) is 3.84. The van der Waals surface area contributed by atoms with Crippen LogP contribution < -0.4 is 4.74 Å². The van der Waals surface area contributed by atoms with Gasteiger partial charge in [-0.25, -0.2) is 0 Å². The van der Waals surface area contributed by atoms with E-state index in [0.29, 0.717) is 27.3 Å². The number of thioether (sulfide) groups is 1. The van der Waals surface area contributed by atoms with Crippen LogP contribution in [0.5, 0.6) is 5.75 Å². The molecule has 0 radical (unpaired) electrons. The number of ketones is 1. The van der Waals surface area contributed by atoms with Crippen LogP contribution >= 0.6 is 23.4 Å². The van der Waals surface area contributed by atoms with Gasteiger partial charge in [0.25, 0.3) is 0 Å². The summed E-state index contributed by atoms with van der Waals surface area (Å²) in [6.07, 6.45) is 0. The third kappa shape index (κ3) is 4.38. The second-order valence-electron chi connectivity index (χ2n) is 7.02. The third-order valence-corrected chi connectivity index (χ3v) is 6.03. The molecular weight excluding hydrogens is 432 g/mol. The smallest absolute Gasteiger partial charge is 0.196 e. The van der Waals surface area contributed by atoms with Crippen molar-refractivity contribution in [3.63, 3.8) is 0 Å². The van der Waals surface area contributed by atoms with Crippen molar-refractivity contribution in [2.75, 3.05) is 12.9 Å². The number of nitrogens with one attached hydrogen (secondary N) is 1. The molecule has 8 heteroatoms. The summed E-state index contributed by atoms with van der Waals surface area (Å²) in [5, 5.41) is 10.1. The molecule has 0 amide bonds. The highest BCUT2D eigenvalue weighted by Crippen LogP contribution is 2.33. The fourth-order valence-corrected chi connectivity index (χ4v) is 4.37. The van der Waals surface area contributed by atoms with E-state index in [-0.39, 0.29) is 11.5 Å². The van der Waals surface area contributed by atoms with E-state index in [1.54, 1.807) is 7.11 Å². The second-order valence-corrected chi connectivity index (χ2v) is 8.40. The maximum atomic E-state index is 12.8. The Morgan fingerprint density at radius 3 is 2.55 bits per heavy atom. The summed E-state index contributed by atoms with van der Waals surface area (Å²) in [6, 6.07) is 16.9. The number of rotatable bonds is 7. The van der Waals surface area contributed by atoms with E-state index in [2.05, 4.69) is 15.2 Å². The van der Waals surface area contributed by atoms with Gasteiger partial charge in [0.2, 0.25) is 0 Å². The van der Waals surface area contributed by atoms with Crippen molar-refractivity contribution < 1.29 is 9.53 Å². The Labute approximate surface area is 189 Å². The maximum absolute atomic E-state index is 12.8. The number of ether oxygens (including phenoxy) is 1. The molecular formula is C23H21ClN4O2S. The van der Waals surface area contributed by atoms with Crippen LogP contribution in [-0.4, -0.2) is 38.4 Å². The van der Waals surface area contributed by atoms with Gasteiger partial charge in [0, 0.05) is 27.7 Å². The molecule has 4 aromatic rings. The van der Waals surface area contributed by atoms with Gasteiger partial charge in [-0.2, -0.15) is 0 Å². The van der Waals surface area contributed by atoms with Crippen LogP contribution in [0.2, 0.25) is 5.02 Å². The monoisotopic (exact) mass is 452 g/mol. The van der Waals surface area contributed by atoms with Crippen LogP contribution in [-0.2, 0) is 0 Å². The fraction of sp³-hybridized carbons (Fsp3) is 0.174. The molecule has 6 nitrogen and oxygen atoms in total. The molecule has 0 spiro atoms. The highest BCUT2D eigenvalue weighted by Gasteiger charge is 2.20. The number of H-pyrrole nitrogens is 1. The summed E-state index contributed by atoms with van der Waals surface area (Å²) in [4.78, 5) is 16.0. The molecule has 0 saturated carbocycles. The minimum absolute atomic E-state index is 0.0383. The Morgan fingerprint density at radius 2 is 1.87 bits per heavy atom. The van der Waals surface area contributed by atoms with Gasteiger partial charge in [-0.1, -0.05) is 35.5 Å². The lowest BCUT2D eigenvalue weighted by Crippen LogP contribution is -2.05. The predicted octanol–water partition coefficient (Wildman–Crippen LogP) is 5.52. The number of carbonyl (C=O) groups excluding carboxylic acids is 1. The zero-order valence-corrected chi connectivity index (χ0v) is 18.9. The van der Waals surface area contributed by atoms with Gasteiger partial charge >= 0.3 is 0 Å². The second kappa shape index (κ2) is 8.99. The first-order valence-electron chi connectivity index (χ1n) is 9.65. The van der Waals surface area contributed by atoms with Crippen LogP contribution in [0.4, 0.5) is 0 Å². The number of Topliss-reactive ketones (excluding diaryl/α,β-unsaturated/α-hetero) is 1. The number of aromatic nitrogens is 4. The van der Waals surface area contributed by atoms with E-state index in [0.717, 1.165) is 22.6 Å². The highest BCUT2D eigenvalue weighted by atomic mass is 35.5. The van der Waals surface area contributed by atoms with Gasteiger partial charge in [0.05, 0.1) is 18.4 Å². The van der Waals surface area contributed by atoms with Crippen molar-refractivity contribution in [3.05, 3.63) is 76.6 Å². The van der Waals surface area contributed by atoms with E-state index in [1.165, 1.54) is 11.8 Å². The van der Waals surface area contributed by atoms with Gasteiger partial charge in [-0.3, -0.25) is 9.36 Å². The average molecular weight is 453 g/mol.